The van der Waals surface area contributed by atoms with Crippen molar-refractivity contribution >= 4 is 0 Å². The van der Waals surface area contributed by atoms with E-state index in [1.807, 2.05) is 0 Å². The fraction of sp³-hybridized carbons (Fsp3) is 0.625. The summed E-state index contributed by atoms with van der Waals surface area (Å²) in [6, 6.07) is 4.53. The van der Waals surface area contributed by atoms with Crippen LogP contribution in [0.15, 0.2) is 12.1 Å². The van der Waals surface area contributed by atoms with Gasteiger partial charge in [0.25, 0.3) is 0 Å². The predicted molar refractivity (Wildman–Crippen MR) is 72.4 cm³/mol. The lowest BCUT2D eigenvalue weighted by atomic mass is 9.54. The molecule has 1 aliphatic carbocycles. The van der Waals surface area contributed by atoms with Crippen molar-refractivity contribution in [2.24, 2.45) is 5.41 Å². The summed E-state index contributed by atoms with van der Waals surface area (Å²) in [5, 5.41) is 10.0. The number of hydrogen-bond donors (Lipinski definition) is 1. The van der Waals surface area contributed by atoms with Crippen molar-refractivity contribution in [1.82, 2.24) is 0 Å². The zero-order valence-corrected chi connectivity index (χ0v) is 11.7. The van der Waals surface area contributed by atoms with Crippen LogP contribution < -0.4 is 0 Å². The molecule has 3 unspecified atom stereocenters. The van der Waals surface area contributed by atoms with Gasteiger partial charge in [-0.1, -0.05) is 31.5 Å². The maximum Gasteiger partial charge on any atom is 0.0605 e. The molecule has 2 rings (SSSR count). The molecule has 0 saturated heterocycles. The van der Waals surface area contributed by atoms with E-state index >= 15 is 0 Å². The fourth-order valence-electron chi connectivity index (χ4n) is 3.50. The van der Waals surface area contributed by atoms with Gasteiger partial charge in [0, 0.05) is 5.41 Å². The topological polar surface area (TPSA) is 20.2 Å². The Morgan fingerprint density at radius 3 is 2.18 bits per heavy atom. The molecule has 0 heterocycles. The molecule has 0 aliphatic heterocycles. The number of aliphatic hydroxyl groups excluding tert-OH is 1. The van der Waals surface area contributed by atoms with Crippen LogP contribution in [-0.2, 0) is 0 Å². The van der Waals surface area contributed by atoms with Crippen LogP contribution in [0, 0.1) is 26.2 Å². The van der Waals surface area contributed by atoms with Gasteiger partial charge in [0.2, 0.25) is 0 Å². The Morgan fingerprint density at radius 1 is 1.24 bits per heavy atom. The monoisotopic (exact) mass is 232 g/mol. The average Bonchev–Trinajstić information content (AvgIpc) is 2.25. The first-order valence-corrected chi connectivity index (χ1v) is 6.66. The van der Waals surface area contributed by atoms with E-state index in [2.05, 4.69) is 46.8 Å². The molecule has 1 aromatic rings. The highest BCUT2D eigenvalue weighted by molar-refractivity contribution is 5.42. The minimum Gasteiger partial charge on any atom is -0.393 e. The zero-order chi connectivity index (χ0) is 12.8. The van der Waals surface area contributed by atoms with Gasteiger partial charge in [-0.3, -0.25) is 0 Å². The fourth-order valence-corrected chi connectivity index (χ4v) is 3.50. The highest BCUT2D eigenvalue weighted by Crippen LogP contribution is 2.56. The molecule has 0 bridgehead atoms. The molecule has 1 aromatic carbocycles. The molecular formula is C16H24O. The van der Waals surface area contributed by atoms with Crippen LogP contribution in [0.1, 0.15) is 54.9 Å². The lowest BCUT2D eigenvalue weighted by molar-refractivity contribution is -0.0781. The Kier molecular flexibility index (Phi) is 3.07. The van der Waals surface area contributed by atoms with Gasteiger partial charge in [0.15, 0.2) is 0 Å². The van der Waals surface area contributed by atoms with Crippen LogP contribution in [0.2, 0.25) is 0 Å². The minimum absolute atomic E-state index is 0.0742. The Hall–Kier alpha value is -0.820. The quantitative estimate of drug-likeness (QED) is 0.820. The third kappa shape index (κ3) is 1.81. The van der Waals surface area contributed by atoms with E-state index in [4.69, 9.17) is 0 Å². The van der Waals surface area contributed by atoms with Crippen molar-refractivity contribution in [2.75, 3.05) is 0 Å². The lowest BCUT2D eigenvalue weighted by Crippen LogP contribution is -2.49. The number of aliphatic hydroxyl groups is 1. The Balaban J connectivity index is 2.43. The number of hydrogen-bond acceptors (Lipinski definition) is 1. The molecule has 1 N–H and O–H groups in total. The molecule has 0 radical (unpaired) electrons. The van der Waals surface area contributed by atoms with E-state index in [0.29, 0.717) is 5.92 Å². The van der Waals surface area contributed by atoms with Gasteiger partial charge in [-0.05, 0) is 56.2 Å². The molecule has 1 nitrogen and oxygen atoms in total. The summed E-state index contributed by atoms with van der Waals surface area (Å²) >= 11 is 0. The van der Waals surface area contributed by atoms with Crippen molar-refractivity contribution < 1.29 is 5.11 Å². The first-order valence-electron chi connectivity index (χ1n) is 6.66. The third-order valence-electron chi connectivity index (χ3n) is 4.86. The highest BCUT2D eigenvalue weighted by atomic mass is 16.3. The maximum atomic E-state index is 10.0. The van der Waals surface area contributed by atoms with Gasteiger partial charge in [-0.25, -0.2) is 0 Å². The molecule has 0 spiro atoms. The molecule has 3 atom stereocenters. The van der Waals surface area contributed by atoms with Gasteiger partial charge < -0.3 is 5.11 Å². The molecule has 17 heavy (non-hydrogen) atoms. The second-order valence-electron chi connectivity index (χ2n) is 5.98. The summed E-state index contributed by atoms with van der Waals surface area (Å²) < 4.78 is 0. The van der Waals surface area contributed by atoms with Crippen molar-refractivity contribution in [3.05, 3.63) is 34.4 Å². The van der Waals surface area contributed by atoms with Crippen molar-refractivity contribution in [2.45, 2.75) is 59.5 Å². The number of rotatable bonds is 2. The largest absolute Gasteiger partial charge is 0.393 e. The zero-order valence-electron chi connectivity index (χ0n) is 11.7. The van der Waals surface area contributed by atoms with Crippen molar-refractivity contribution in [1.29, 1.82) is 0 Å². The van der Waals surface area contributed by atoms with Crippen LogP contribution >= 0.6 is 0 Å². The lowest BCUT2D eigenvalue weighted by Gasteiger charge is -2.52. The van der Waals surface area contributed by atoms with Crippen LogP contribution in [0.5, 0.6) is 0 Å². The highest BCUT2D eigenvalue weighted by Gasteiger charge is 2.50. The van der Waals surface area contributed by atoms with E-state index < -0.39 is 0 Å². The molecule has 1 heteroatoms. The van der Waals surface area contributed by atoms with Crippen LogP contribution in [-0.4, -0.2) is 11.2 Å². The standard InChI is InChI=1S/C16H24O/c1-6-16(5)13(9-14(16)17)15-11(3)7-10(2)8-12(15)4/h7-8,13-14,17H,6,9H2,1-5H3. The van der Waals surface area contributed by atoms with E-state index in [9.17, 15) is 5.11 Å². The first kappa shape index (κ1) is 12.6. The number of aryl methyl sites for hydroxylation is 3. The van der Waals surface area contributed by atoms with Gasteiger partial charge in [0.1, 0.15) is 0 Å². The SMILES string of the molecule is CCC1(C)C(O)CC1c1c(C)cc(C)cc1C. The molecule has 94 valence electrons. The van der Waals surface area contributed by atoms with E-state index in [-0.39, 0.29) is 11.5 Å². The smallest absolute Gasteiger partial charge is 0.0605 e. The minimum atomic E-state index is -0.127. The second kappa shape index (κ2) is 4.13. The first-order chi connectivity index (χ1) is 7.90. The molecule has 1 fully saturated rings. The summed E-state index contributed by atoms with van der Waals surface area (Å²) in [6.07, 6.45) is 1.85. The normalized spacial score (nSPS) is 32.4. The Morgan fingerprint density at radius 2 is 1.76 bits per heavy atom. The second-order valence-corrected chi connectivity index (χ2v) is 5.98. The van der Waals surface area contributed by atoms with Crippen LogP contribution in [0.3, 0.4) is 0 Å². The molecule has 1 aliphatic rings. The summed E-state index contributed by atoms with van der Waals surface area (Å²) in [7, 11) is 0. The van der Waals surface area contributed by atoms with Crippen molar-refractivity contribution in [3.63, 3.8) is 0 Å². The maximum absolute atomic E-state index is 10.0. The Bertz CT molecular complexity index is 412. The van der Waals surface area contributed by atoms with E-state index in [1.165, 1.54) is 22.3 Å². The van der Waals surface area contributed by atoms with Gasteiger partial charge in [0.05, 0.1) is 6.10 Å². The van der Waals surface area contributed by atoms with Crippen LogP contribution in [0.25, 0.3) is 0 Å². The molecular weight excluding hydrogens is 208 g/mol. The molecule has 0 amide bonds. The summed E-state index contributed by atoms with van der Waals surface area (Å²) in [6.45, 7) is 11.0. The predicted octanol–water partition coefficient (Wildman–Crippen LogP) is 3.88. The third-order valence-corrected chi connectivity index (χ3v) is 4.86. The Labute approximate surface area is 105 Å². The summed E-state index contributed by atoms with van der Waals surface area (Å²) in [5.41, 5.74) is 5.66. The molecule has 0 aromatic heterocycles. The van der Waals surface area contributed by atoms with Gasteiger partial charge in [-0.2, -0.15) is 0 Å². The van der Waals surface area contributed by atoms with E-state index in [0.717, 1.165) is 12.8 Å². The summed E-state index contributed by atoms with van der Waals surface area (Å²) in [4.78, 5) is 0. The average molecular weight is 232 g/mol. The molecule has 1 saturated carbocycles. The van der Waals surface area contributed by atoms with E-state index in [1.54, 1.807) is 0 Å². The van der Waals surface area contributed by atoms with Crippen molar-refractivity contribution in [3.8, 4) is 0 Å². The van der Waals surface area contributed by atoms with Crippen LogP contribution in [0.4, 0.5) is 0 Å². The van der Waals surface area contributed by atoms with Gasteiger partial charge in [-0.15, -0.1) is 0 Å². The van der Waals surface area contributed by atoms with Gasteiger partial charge >= 0.3 is 0 Å². The summed E-state index contributed by atoms with van der Waals surface area (Å²) in [5.74, 6) is 0.531. The number of benzene rings is 1.